The maximum Gasteiger partial charge on any atom is 0.0897 e. The van der Waals surface area contributed by atoms with Gasteiger partial charge in [0.2, 0.25) is 0 Å². The monoisotopic (exact) mass is 238 g/mol. The van der Waals surface area contributed by atoms with Crippen molar-refractivity contribution in [1.82, 2.24) is 10.3 Å². The Balaban J connectivity index is 1.77. The van der Waals surface area contributed by atoms with E-state index in [1.165, 1.54) is 42.8 Å². The van der Waals surface area contributed by atoms with Crippen LogP contribution in [0, 0.1) is 12.8 Å². The van der Waals surface area contributed by atoms with Gasteiger partial charge in [-0.3, -0.25) is 0 Å². The Morgan fingerprint density at radius 1 is 1.50 bits per heavy atom. The molecule has 0 spiro atoms. The van der Waals surface area contributed by atoms with Crippen LogP contribution in [0.3, 0.4) is 0 Å². The molecular formula is C13H22N2S. The second kappa shape index (κ2) is 5.78. The Morgan fingerprint density at radius 2 is 2.38 bits per heavy atom. The molecule has 1 aromatic heterocycles. The van der Waals surface area contributed by atoms with Crippen LogP contribution in [-0.4, -0.2) is 11.0 Å². The molecule has 2 nitrogen and oxygen atoms in total. The van der Waals surface area contributed by atoms with Crippen molar-refractivity contribution in [2.24, 2.45) is 5.92 Å². The van der Waals surface area contributed by atoms with Crippen molar-refractivity contribution in [3.05, 3.63) is 16.1 Å². The largest absolute Gasteiger partial charge is 0.308 e. The number of aryl methyl sites for hydroxylation is 1. The number of nitrogens with zero attached hydrogens (tertiary/aromatic N) is 1. The van der Waals surface area contributed by atoms with E-state index in [1.54, 1.807) is 11.3 Å². The van der Waals surface area contributed by atoms with Crippen LogP contribution in [0.5, 0.6) is 0 Å². The highest BCUT2D eigenvalue weighted by Gasteiger charge is 2.20. The summed E-state index contributed by atoms with van der Waals surface area (Å²) in [5.74, 6) is 0.948. The van der Waals surface area contributed by atoms with Gasteiger partial charge in [0.05, 0.1) is 10.7 Å². The zero-order valence-electron chi connectivity index (χ0n) is 10.3. The highest BCUT2D eigenvalue weighted by molar-refractivity contribution is 7.09. The lowest BCUT2D eigenvalue weighted by Crippen LogP contribution is -2.33. The van der Waals surface area contributed by atoms with E-state index in [0.29, 0.717) is 0 Å². The van der Waals surface area contributed by atoms with Gasteiger partial charge in [-0.05, 0) is 25.7 Å². The molecule has 0 aromatic carbocycles. The van der Waals surface area contributed by atoms with Gasteiger partial charge in [0, 0.05) is 18.0 Å². The number of nitrogens with one attached hydrogen (secondary N) is 1. The second-order valence-electron chi connectivity index (χ2n) is 4.88. The summed E-state index contributed by atoms with van der Waals surface area (Å²) < 4.78 is 0. The predicted molar refractivity (Wildman–Crippen MR) is 69.7 cm³/mol. The van der Waals surface area contributed by atoms with E-state index in [1.807, 2.05) is 0 Å². The summed E-state index contributed by atoms with van der Waals surface area (Å²) in [4.78, 5) is 4.49. The summed E-state index contributed by atoms with van der Waals surface area (Å²) in [6, 6.07) is 0.723. The summed E-state index contributed by atoms with van der Waals surface area (Å²) in [5.41, 5.74) is 1.21. The van der Waals surface area contributed by atoms with E-state index >= 15 is 0 Å². The topological polar surface area (TPSA) is 24.9 Å². The van der Waals surface area contributed by atoms with Gasteiger partial charge >= 0.3 is 0 Å². The van der Waals surface area contributed by atoms with Crippen molar-refractivity contribution in [1.29, 1.82) is 0 Å². The van der Waals surface area contributed by atoms with E-state index in [2.05, 4.69) is 29.5 Å². The van der Waals surface area contributed by atoms with Crippen molar-refractivity contribution >= 4 is 11.3 Å². The van der Waals surface area contributed by atoms with Crippen LogP contribution in [0.1, 0.15) is 49.7 Å². The Morgan fingerprint density at radius 3 is 3.06 bits per heavy atom. The van der Waals surface area contributed by atoms with E-state index in [9.17, 15) is 0 Å². The van der Waals surface area contributed by atoms with Crippen LogP contribution in [0.15, 0.2) is 5.38 Å². The highest BCUT2D eigenvalue weighted by Crippen LogP contribution is 2.26. The van der Waals surface area contributed by atoms with E-state index in [-0.39, 0.29) is 0 Å². The molecule has 2 unspecified atom stereocenters. The fraction of sp³-hybridized carbons (Fsp3) is 0.769. The van der Waals surface area contributed by atoms with Gasteiger partial charge in [-0.2, -0.15) is 0 Å². The van der Waals surface area contributed by atoms with E-state index in [0.717, 1.165) is 18.5 Å². The normalized spacial score (nSPS) is 25.9. The minimum atomic E-state index is 0.723. The Labute approximate surface area is 102 Å². The quantitative estimate of drug-likeness (QED) is 0.868. The van der Waals surface area contributed by atoms with E-state index in [4.69, 9.17) is 0 Å². The van der Waals surface area contributed by atoms with Gasteiger partial charge in [-0.1, -0.05) is 26.2 Å². The smallest absolute Gasteiger partial charge is 0.0897 e. The molecule has 2 rings (SSSR count). The van der Waals surface area contributed by atoms with Crippen molar-refractivity contribution in [3.8, 4) is 0 Å². The molecule has 0 saturated heterocycles. The minimum absolute atomic E-state index is 0.723. The average molecular weight is 238 g/mol. The Hall–Kier alpha value is -0.410. The van der Waals surface area contributed by atoms with Gasteiger partial charge < -0.3 is 5.32 Å². The van der Waals surface area contributed by atoms with Crippen LogP contribution in [0.2, 0.25) is 0 Å². The molecule has 1 aromatic rings. The first-order valence-electron chi connectivity index (χ1n) is 6.42. The molecule has 1 N–H and O–H groups in total. The number of thiazole rings is 1. The molecule has 0 amide bonds. The van der Waals surface area contributed by atoms with Crippen LogP contribution in [0.25, 0.3) is 0 Å². The minimum Gasteiger partial charge on any atom is -0.308 e. The lowest BCUT2D eigenvalue weighted by molar-refractivity contribution is 0.278. The molecule has 1 aliphatic carbocycles. The molecule has 0 bridgehead atoms. The first-order valence-corrected chi connectivity index (χ1v) is 7.30. The third-order valence-electron chi connectivity index (χ3n) is 3.60. The molecule has 0 radical (unpaired) electrons. The zero-order chi connectivity index (χ0) is 11.4. The molecule has 1 aliphatic rings. The third kappa shape index (κ3) is 3.29. The Bertz CT molecular complexity index is 321. The molecule has 3 heteroatoms. The summed E-state index contributed by atoms with van der Waals surface area (Å²) >= 11 is 1.74. The predicted octanol–water partition coefficient (Wildman–Crippen LogP) is 3.51. The van der Waals surface area contributed by atoms with E-state index < -0.39 is 0 Å². The fourth-order valence-electron chi connectivity index (χ4n) is 2.59. The third-order valence-corrected chi connectivity index (χ3v) is 4.42. The number of hydrogen-bond donors (Lipinski definition) is 1. The average Bonchev–Trinajstić information content (AvgIpc) is 2.73. The van der Waals surface area contributed by atoms with Crippen molar-refractivity contribution in [3.63, 3.8) is 0 Å². The van der Waals surface area contributed by atoms with Crippen LogP contribution < -0.4 is 5.32 Å². The molecule has 90 valence electrons. The highest BCUT2D eigenvalue weighted by atomic mass is 32.1. The van der Waals surface area contributed by atoms with Crippen LogP contribution >= 0.6 is 11.3 Å². The Kier molecular flexibility index (Phi) is 4.36. The summed E-state index contributed by atoms with van der Waals surface area (Å²) in [5, 5.41) is 7.00. The van der Waals surface area contributed by atoms with Gasteiger partial charge in [-0.25, -0.2) is 4.98 Å². The van der Waals surface area contributed by atoms with Gasteiger partial charge in [0.1, 0.15) is 0 Å². The zero-order valence-corrected chi connectivity index (χ0v) is 11.1. The SMILES string of the molecule is CCC1CCCC(NCc2csc(C)n2)C1. The van der Waals surface area contributed by atoms with Crippen LogP contribution in [0.4, 0.5) is 0 Å². The summed E-state index contributed by atoms with van der Waals surface area (Å²) in [6.45, 7) is 5.34. The van der Waals surface area contributed by atoms with Gasteiger partial charge in [0.25, 0.3) is 0 Å². The second-order valence-corrected chi connectivity index (χ2v) is 5.94. The molecule has 1 heterocycles. The van der Waals surface area contributed by atoms with Gasteiger partial charge in [0.15, 0.2) is 0 Å². The maximum atomic E-state index is 4.49. The fourth-order valence-corrected chi connectivity index (χ4v) is 3.20. The number of aromatic nitrogens is 1. The lowest BCUT2D eigenvalue weighted by atomic mass is 9.84. The van der Waals surface area contributed by atoms with Crippen molar-refractivity contribution < 1.29 is 0 Å². The molecule has 2 atom stereocenters. The number of hydrogen-bond acceptors (Lipinski definition) is 3. The summed E-state index contributed by atoms with van der Waals surface area (Å²) in [7, 11) is 0. The van der Waals surface area contributed by atoms with Crippen molar-refractivity contribution in [2.45, 2.75) is 58.5 Å². The molecule has 1 fully saturated rings. The van der Waals surface area contributed by atoms with Gasteiger partial charge in [-0.15, -0.1) is 11.3 Å². The maximum absolute atomic E-state index is 4.49. The molecular weight excluding hydrogens is 216 g/mol. The van der Waals surface area contributed by atoms with Crippen LogP contribution in [-0.2, 0) is 6.54 Å². The lowest BCUT2D eigenvalue weighted by Gasteiger charge is -2.29. The first-order chi connectivity index (χ1) is 7.78. The molecule has 16 heavy (non-hydrogen) atoms. The molecule has 0 aliphatic heterocycles. The first kappa shape index (κ1) is 12.1. The standard InChI is InChI=1S/C13H22N2S/c1-3-11-5-4-6-12(7-11)14-8-13-9-16-10(2)15-13/h9,11-12,14H,3-8H2,1-2H3. The summed E-state index contributed by atoms with van der Waals surface area (Å²) in [6.07, 6.45) is 6.88. The molecule has 1 saturated carbocycles. The number of rotatable bonds is 4. The van der Waals surface area contributed by atoms with Crippen molar-refractivity contribution in [2.75, 3.05) is 0 Å².